The van der Waals surface area contributed by atoms with Gasteiger partial charge in [-0.3, -0.25) is 19.5 Å². The Kier molecular flexibility index (Phi) is 7.23. The first kappa shape index (κ1) is 27.0. The number of hydrogen-bond donors (Lipinski definition) is 1. The fourth-order valence-corrected chi connectivity index (χ4v) is 5.25. The highest BCUT2D eigenvalue weighted by atomic mass is 19.1. The maximum absolute atomic E-state index is 14.8. The molecule has 0 amide bonds. The minimum atomic E-state index is -0.619. The van der Waals surface area contributed by atoms with Crippen molar-refractivity contribution in [3.05, 3.63) is 64.1 Å². The second-order valence-corrected chi connectivity index (χ2v) is 9.85. The molecule has 0 saturated carbocycles. The zero-order valence-electron chi connectivity index (χ0n) is 22.8. The number of hydrazine groups is 1. The number of nitrogens with zero attached hydrogens (tertiary/aromatic N) is 8. The van der Waals surface area contributed by atoms with Crippen molar-refractivity contribution in [2.45, 2.75) is 6.54 Å². The van der Waals surface area contributed by atoms with Crippen LogP contribution in [0.2, 0.25) is 0 Å². The molecule has 0 radical (unpaired) electrons. The van der Waals surface area contributed by atoms with E-state index in [0.717, 1.165) is 6.07 Å². The van der Waals surface area contributed by atoms with Crippen LogP contribution < -0.4 is 26.2 Å². The van der Waals surface area contributed by atoms with E-state index in [1.807, 2.05) is 4.90 Å². The molecule has 0 bridgehead atoms. The van der Waals surface area contributed by atoms with Gasteiger partial charge in [-0.15, -0.1) is 0 Å². The van der Waals surface area contributed by atoms with Gasteiger partial charge in [0.1, 0.15) is 30.5 Å². The highest BCUT2D eigenvalue weighted by Gasteiger charge is 2.31. The summed E-state index contributed by atoms with van der Waals surface area (Å²) >= 11 is 0. The van der Waals surface area contributed by atoms with Crippen molar-refractivity contribution in [3.8, 4) is 5.75 Å². The minimum absolute atomic E-state index is 0.131. The Morgan fingerprint density at radius 2 is 1.90 bits per heavy atom. The van der Waals surface area contributed by atoms with E-state index in [0.29, 0.717) is 68.0 Å². The number of ether oxygens (including phenoxy) is 2. The smallest absolute Gasteiger partial charge is 0.345 e. The third kappa shape index (κ3) is 4.85. The van der Waals surface area contributed by atoms with Crippen LogP contribution in [0.4, 0.5) is 20.3 Å². The summed E-state index contributed by atoms with van der Waals surface area (Å²) in [6, 6.07) is 5.82. The lowest BCUT2D eigenvalue weighted by molar-refractivity contribution is 0.143. The predicted octanol–water partition coefficient (Wildman–Crippen LogP) is 1.04. The molecule has 3 aromatic heterocycles. The van der Waals surface area contributed by atoms with Gasteiger partial charge < -0.3 is 18.8 Å². The molecule has 1 fully saturated rings. The molecule has 15 heteroatoms. The van der Waals surface area contributed by atoms with Gasteiger partial charge >= 0.3 is 5.69 Å². The molecule has 6 rings (SSSR count). The molecule has 13 nitrogen and oxygen atoms in total. The van der Waals surface area contributed by atoms with E-state index in [2.05, 4.69) is 9.89 Å². The average molecular weight is 572 g/mol. The van der Waals surface area contributed by atoms with Crippen LogP contribution in [0.5, 0.6) is 5.75 Å². The predicted molar refractivity (Wildman–Crippen MR) is 147 cm³/mol. The number of aliphatic imine (C=N–C) groups is 1. The lowest BCUT2D eigenvalue weighted by atomic mass is 10.2. The van der Waals surface area contributed by atoms with E-state index in [1.165, 1.54) is 22.9 Å². The van der Waals surface area contributed by atoms with Crippen LogP contribution in [0.25, 0.3) is 5.78 Å². The highest BCUT2D eigenvalue weighted by Crippen LogP contribution is 2.29. The molecule has 1 saturated heterocycles. The number of imidazole rings is 1. The second-order valence-electron chi connectivity index (χ2n) is 9.85. The third-order valence-electron chi connectivity index (χ3n) is 7.40. The third-order valence-corrected chi connectivity index (χ3v) is 7.40. The number of aryl methyl sites for hydroxylation is 1. The number of methoxy groups -OCH3 is 1. The Morgan fingerprint density at radius 1 is 1.10 bits per heavy atom. The zero-order valence-corrected chi connectivity index (χ0v) is 22.8. The van der Waals surface area contributed by atoms with Gasteiger partial charge in [-0.25, -0.2) is 28.6 Å². The van der Waals surface area contributed by atoms with E-state index >= 15 is 0 Å². The Bertz CT molecular complexity index is 1630. The van der Waals surface area contributed by atoms with Crippen molar-refractivity contribution in [1.29, 1.82) is 0 Å². The largest absolute Gasteiger partial charge is 0.488 e. The van der Waals surface area contributed by atoms with Gasteiger partial charge in [-0.05, 0) is 12.1 Å². The lowest BCUT2D eigenvalue weighted by Gasteiger charge is -2.36. The number of benzene rings is 1. The normalized spacial score (nSPS) is 16.0. The van der Waals surface area contributed by atoms with E-state index in [-0.39, 0.29) is 37.0 Å². The molecule has 0 atom stereocenters. The molecule has 2 aliphatic heterocycles. The summed E-state index contributed by atoms with van der Waals surface area (Å²) in [7, 11) is 3.18. The number of halogens is 2. The van der Waals surface area contributed by atoms with E-state index < -0.39 is 11.6 Å². The Morgan fingerprint density at radius 3 is 2.63 bits per heavy atom. The SMILES string of the molecule is COCCOc1cc(F)c(N2CCN(CCn3c(=O)n(C)n4c5c(nc34)N(N)CN=C5c3ccco3)CC2)cc1F. The molecule has 218 valence electrons. The summed E-state index contributed by atoms with van der Waals surface area (Å²) in [5.41, 5.74) is 1.12. The summed E-state index contributed by atoms with van der Waals surface area (Å²) < 4.78 is 49.9. The van der Waals surface area contributed by atoms with Crippen molar-refractivity contribution in [2.75, 3.05) is 69.6 Å². The summed E-state index contributed by atoms with van der Waals surface area (Å²) in [5, 5.41) is 1.43. The molecule has 0 spiro atoms. The standard InChI is InChI=1S/C26H31F2N9O4/c1-32-26(38)35(25-31-24-23(37(25)32)22(30-16-36(24)29)20-4-3-11-40-20)10-7-33-5-8-34(9-6-33)19-14-18(28)21(15-17(19)27)41-13-12-39-2/h3-4,11,14-15H,5-10,12-13,16,29H2,1-2H3. The fourth-order valence-electron chi connectivity index (χ4n) is 5.25. The molecule has 1 aromatic carbocycles. The van der Waals surface area contributed by atoms with Gasteiger partial charge in [0.25, 0.3) is 0 Å². The van der Waals surface area contributed by atoms with Crippen LogP contribution >= 0.6 is 0 Å². The van der Waals surface area contributed by atoms with E-state index in [1.54, 1.807) is 34.5 Å². The quantitative estimate of drug-likeness (QED) is 0.232. The molecule has 2 N–H and O–H groups in total. The van der Waals surface area contributed by atoms with Gasteiger partial charge in [-0.1, -0.05) is 0 Å². The molecule has 2 aliphatic rings. The number of rotatable bonds is 9. The highest BCUT2D eigenvalue weighted by molar-refractivity contribution is 6.14. The maximum atomic E-state index is 14.8. The average Bonchev–Trinajstić information content (AvgIpc) is 3.69. The van der Waals surface area contributed by atoms with Crippen molar-refractivity contribution in [3.63, 3.8) is 0 Å². The van der Waals surface area contributed by atoms with Crippen molar-refractivity contribution in [1.82, 2.24) is 23.6 Å². The minimum Gasteiger partial charge on any atom is -0.488 e. The van der Waals surface area contributed by atoms with Crippen molar-refractivity contribution < 1.29 is 22.7 Å². The molecule has 4 aromatic rings. The number of fused-ring (bicyclic) bond motifs is 3. The number of furan rings is 1. The first-order chi connectivity index (χ1) is 19.9. The molecule has 0 unspecified atom stereocenters. The van der Waals surface area contributed by atoms with Crippen molar-refractivity contribution >= 4 is 23.0 Å². The molecular weight excluding hydrogens is 540 g/mol. The van der Waals surface area contributed by atoms with E-state index in [4.69, 9.17) is 24.7 Å². The summed E-state index contributed by atoms with van der Waals surface area (Å²) in [4.78, 5) is 26.5. The van der Waals surface area contributed by atoms with Gasteiger partial charge in [0.05, 0.1) is 18.6 Å². The van der Waals surface area contributed by atoms with Crippen LogP contribution in [0.3, 0.4) is 0 Å². The topological polar surface area (TPSA) is 124 Å². The monoisotopic (exact) mass is 571 g/mol. The summed E-state index contributed by atoms with van der Waals surface area (Å²) in [6.07, 6.45) is 1.56. The number of hydrogen-bond acceptors (Lipinski definition) is 10. The summed E-state index contributed by atoms with van der Waals surface area (Å²) in [5.74, 6) is 6.39. The van der Waals surface area contributed by atoms with Crippen LogP contribution in [-0.4, -0.2) is 89.1 Å². The van der Waals surface area contributed by atoms with Gasteiger partial charge in [0, 0.05) is 65.6 Å². The Hall–Kier alpha value is -4.21. The van der Waals surface area contributed by atoms with Gasteiger partial charge in [-0.2, -0.15) is 4.98 Å². The van der Waals surface area contributed by atoms with Crippen LogP contribution in [0, 0.1) is 11.6 Å². The zero-order chi connectivity index (χ0) is 28.7. The first-order valence-corrected chi connectivity index (χ1v) is 13.2. The summed E-state index contributed by atoms with van der Waals surface area (Å²) in [6.45, 7) is 3.79. The fraction of sp³-hybridized carbons (Fsp3) is 0.423. The van der Waals surface area contributed by atoms with E-state index in [9.17, 15) is 13.6 Å². The maximum Gasteiger partial charge on any atom is 0.345 e. The second kappa shape index (κ2) is 11.0. The molecule has 41 heavy (non-hydrogen) atoms. The van der Waals surface area contributed by atoms with Gasteiger partial charge in [0.2, 0.25) is 5.78 Å². The first-order valence-electron chi connectivity index (χ1n) is 13.2. The Labute approximate surface area is 233 Å². The Balaban J connectivity index is 1.15. The molecule has 0 aliphatic carbocycles. The number of piperazine rings is 1. The molecular formula is C26H31F2N9O4. The lowest BCUT2D eigenvalue weighted by Crippen LogP contribution is -2.47. The van der Waals surface area contributed by atoms with Crippen LogP contribution in [0.15, 0.2) is 44.7 Å². The number of aromatic nitrogens is 4. The number of nitrogens with two attached hydrogens (primary N) is 1. The van der Waals surface area contributed by atoms with Crippen molar-refractivity contribution in [2.24, 2.45) is 17.9 Å². The molecule has 5 heterocycles. The van der Waals surface area contributed by atoms with Crippen LogP contribution in [0.1, 0.15) is 11.5 Å². The van der Waals surface area contributed by atoms with Crippen LogP contribution in [-0.2, 0) is 18.3 Å². The van der Waals surface area contributed by atoms with Gasteiger partial charge in [0.15, 0.2) is 23.1 Å². The number of anilines is 2.